The van der Waals surface area contributed by atoms with Gasteiger partial charge in [-0.3, -0.25) is 0 Å². The average Bonchev–Trinajstić information content (AvgIpc) is 2.55. The minimum atomic E-state index is -1.83. The molecule has 0 aliphatic heterocycles. The molecule has 1 unspecified atom stereocenters. The van der Waals surface area contributed by atoms with Crippen LogP contribution in [0.25, 0.3) is 0 Å². The molecule has 144 valence electrons. The third kappa shape index (κ3) is 6.66. The Kier molecular flexibility index (Phi) is 10.4. The van der Waals surface area contributed by atoms with E-state index in [-0.39, 0.29) is 11.6 Å². The van der Waals surface area contributed by atoms with E-state index in [0.717, 1.165) is 23.2 Å². The first kappa shape index (κ1) is 23.4. The summed E-state index contributed by atoms with van der Waals surface area (Å²) in [5, 5.41) is 17.2. The Balaban J connectivity index is 0.00000129. The molecule has 0 heterocycles. The molecule has 0 saturated heterocycles. The van der Waals surface area contributed by atoms with Crippen LogP contribution in [0.4, 0.5) is 10.5 Å². The van der Waals surface area contributed by atoms with Gasteiger partial charge in [0, 0.05) is 0 Å². The Hall–Kier alpha value is -1.61. The second-order valence-corrected chi connectivity index (χ2v) is 12.0. The van der Waals surface area contributed by atoms with E-state index in [2.05, 4.69) is 59.0 Å². The van der Waals surface area contributed by atoms with Crippen LogP contribution in [0.1, 0.15) is 45.2 Å². The zero-order valence-corrected chi connectivity index (χ0v) is 17.3. The molecule has 6 heteroatoms. The Bertz CT molecular complexity index is 538. The van der Waals surface area contributed by atoms with E-state index in [1.54, 1.807) is 0 Å². The van der Waals surface area contributed by atoms with Gasteiger partial charge >= 0.3 is 137 Å². The fourth-order valence-corrected chi connectivity index (χ4v) is 8.08. The average molecular weight is 371 g/mol. The van der Waals surface area contributed by atoms with Gasteiger partial charge in [0.15, 0.2) is 0 Å². The van der Waals surface area contributed by atoms with E-state index < -0.39 is 13.4 Å². The van der Waals surface area contributed by atoms with Gasteiger partial charge in [0.05, 0.1) is 0 Å². The molecule has 5 nitrogen and oxygen atoms in total. The van der Waals surface area contributed by atoms with Gasteiger partial charge in [-0.25, -0.2) is 4.79 Å². The van der Waals surface area contributed by atoms with Crippen LogP contribution in [0.3, 0.4) is 0 Å². The normalized spacial score (nSPS) is 12.6. The van der Waals surface area contributed by atoms with Gasteiger partial charge in [0.1, 0.15) is 0 Å². The summed E-state index contributed by atoms with van der Waals surface area (Å²) in [6, 6.07) is 6.17. The molecule has 3 N–H and O–H groups in total. The Labute approximate surface area is 152 Å². The largest absolute Gasteiger partial charge is 0.503 e. The molecular weight excluding hydrogens is 337 g/mol. The topological polar surface area (TPSA) is 86.6 Å². The predicted molar refractivity (Wildman–Crippen MR) is 109 cm³/mol. The van der Waals surface area contributed by atoms with Crippen molar-refractivity contribution in [1.29, 1.82) is 0 Å². The summed E-state index contributed by atoms with van der Waals surface area (Å²) in [6.07, 6.45) is 2.70. The third-order valence-corrected chi connectivity index (χ3v) is 11.7. The van der Waals surface area contributed by atoms with Gasteiger partial charge in [-0.15, -0.1) is 0 Å². The second-order valence-electron chi connectivity index (χ2n) is 6.42. The van der Waals surface area contributed by atoms with Gasteiger partial charge in [-0.1, -0.05) is 0 Å². The molecule has 0 aliphatic rings. The maximum absolute atomic E-state index is 12.9. The molecular formula is C19H34NO4P. The number of hydrogen-bond acceptors (Lipinski definition) is 2. The summed E-state index contributed by atoms with van der Waals surface area (Å²) < 4.78 is 0. The number of carboxylic acid groups (broad SMARTS) is 2. The number of hydrogen-bond donors (Lipinski definition) is 3. The summed E-state index contributed by atoms with van der Waals surface area (Å²) in [7, 11) is -1.51. The predicted octanol–water partition coefficient (Wildman–Crippen LogP) is 5.05. The van der Waals surface area contributed by atoms with Crippen molar-refractivity contribution >= 4 is 25.0 Å². The van der Waals surface area contributed by atoms with Gasteiger partial charge in [-0.05, 0) is 0 Å². The van der Waals surface area contributed by atoms with Crippen molar-refractivity contribution in [2.75, 3.05) is 23.8 Å². The fourth-order valence-electron chi connectivity index (χ4n) is 3.61. The van der Waals surface area contributed by atoms with E-state index >= 15 is 0 Å². The van der Waals surface area contributed by atoms with E-state index in [9.17, 15) is 4.79 Å². The van der Waals surface area contributed by atoms with Crippen LogP contribution < -0.4 is 5.32 Å². The molecule has 1 aromatic rings. The maximum atomic E-state index is 12.9. The Morgan fingerprint density at radius 1 is 1.00 bits per heavy atom. The minimum Gasteiger partial charge on any atom is -0.450 e. The number of anilines is 1. The molecule has 1 rings (SSSR count). The Morgan fingerprint density at radius 2 is 1.40 bits per heavy atom. The van der Waals surface area contributed by atoms with Crippen LogP contribution in [-0.2, 0) is 4.79 Å². The van der Waals surface area contributed by atoms with Crippen LogP contribution in [0, 0.1) is 13.8 Å². The number of para-hydroxylation sites is 1. The van der Waals surface area contributed by atoms with Crippen LogP contribution in [0.5, 0.6) is 0 Å². The summed E-state index contributed by atoms with van der Waals surface area (Å²) in [4.78, 5) is 21.5. The number of rotatable bonds is 7. The number of benzene rings is 1. The monoisotopic (exact) mass is 371 g/mol. The minimum absolute atomic E-state index is 0.219. The van der Waals surface area contributed by atoms with Crippen molar-refractivity contribution in [2.24, 2.45) is 0 Å². The molecule has 1 amide bonds. The van der Waals surface area contributed by atoms with Crippen LogP contribution >= 0.6 is 7.26 Å². The first-order valence-corrected chi connectivity index (χ1v) is 11.7. The fraction of sp³-hybridized carbons (Fsp3) is 0.579. The van der Waals surface area contributed by atoms with Gasteiger partial charge < -0.3 is 10.2 Å². The molecule has 1 atom stereocenters. The molecule has 1 aromatic carbocycles. The van der Waals surface area contributed by atoms with Crippen LogP contribution in [0.2, 0.25) is 0 Å². The molecule has 25 heavy (non-hydrogen) atoms. The molecule has 0 bridgehead atoms. The number of aryl methyl sites for hydroxylation is 2. The second kappa shape index (κ2) is 11.1. The van der Waals surface area contributed by atoms with Crippen LogP contribution in [0.15, 0.2) is 18.2 Å². The number of amides is 1. The molecule has 0 aromatic heterocycles. The SMILES string of the molecule is CCC(C(=O)Nc1c(C)cccc1C)[PH](CC)(CC)CC.O=C(O)O. The summed E-state index contributed by atoms with van der Waals surface area (Å²) in [5.41, 5.74) is 3.52. The molecule has 0 saturated carbocycles. The quantitative estimate of drug-likeness (QED) is 0.585. The van der Waals surface area contributed by atoms with E-state index in [4.69, 9.17) is 15.0 Å². The van der Waals surface area contributed by atoms with E-state index in [0.29, 0.717) is 0 Å². The van der Waals surface area contributed by atoms with E-state index in [1.165, 1.54) is 18.5 Å². The number of carbonyl (C=O) groups is 2. The van der Waals surface area contributed by atoms with Gasteiger partial charge in [0.2, 0.25) is 0 Å². The molecule has 0 fully saturated rings. The van der Waals surface area contributed by atoms with Crippen molar-refractivity contribution in [3.05, 3.63) is 29.3 Å². The van der Waals surface area contributed by atoms with Gasteiger partial charge in [-0.2, -0.15) is 0 Å². The van der Waals surface area contributed by atoms with E-state index in [1.807, 2.05) is 6.07 Å². The van der Waals surface area contributed by atoms with Crippen molar-refractivity contribution in [1.82, 2.24) is 0 Å². The smallest absolute Gasteiger partial charge is 0.450 e. The van der Waals surface area contributed by atoms with Crippen molar-refractivity contribution in [3.8, 4) is 0 Å². The van der Waals surface area contributed by atoms with Crippen LogP contribution in [-0.4, -0.2) is 46.4 Å². The molecule has 0 aliphatic carbocycles. The first-order chi connectivity index (χ1) is 11.7. The zero-order valence-electron chi connectivity index (χ0n) is 16.3. The van der Waals surface area contributed by atoms with Crippen molar-refractivity contribution in [3.63, 3.8) is 0 Å². The van der Waals surface area contributed by atoms with Crippen molar-refractivity contribution < 1.29 is 19.8 Å². The van der Waals surface area contributed by atoms with Crippen molar-refractivity contribution in [2.45, 2.75) is 53.6 Å². The maximum Gasteiger partial charge on any atom is 0.503 e. The summed E-state index contributed by atoms with van der Waals surface area (Å²) >= 11 is 0. The molecule has 0 spiro atoms. The zero-order chi connectivity index (χ0) is 19.6. The summed E-state index contributed by atoms with van der Waals surface area (Å²) in [5.74, 6) is 0.243. The third-order valence-electron chi connectivity index (χ3n) is 5.31. The molecule has 0 radical (unpaired) electrons. The summed E-state index contributed by atoms with van der Waals surface area (Å²) in [6.45, 7) is 13.1. The Morgan fingerprint density at radius 3 is 1.72 bits per heavy atom. The standard InChI is InChI=1S/C18H32NOP.CH2O3/c1-7-16(21(8-2,9-3)10-4)18(20)19-17-14(5)12-11-13-15(17)6;2-1(3)4/h11-13,16,21H,7-10H2,1-6H3,(H,19,20);(H2,2,3,4). The number of nitrogens with one attached hydrogen (secondary N) is 1. The number of carbonyl (C=O) groups excluding carboxylic acids is 1. The van der Waals surface area contributed by atoms with Gasteiger partial charge in [0.25, 0.3) is 0 Å². The first-order valence-electron chi connectivity index (χ1n) is 8.97.